The molecule has 2 rings (SSSR count). The van der Waals surface area contributed by atoms with Crippen molar-refractivity contribution in [2.75, 3.05) is 26.3 Å². The summed E-state index contributed by atoms with van der Waals surface area (Å²) in [5, 5.41) is 3.31. The second-order valence-electron chi connectivity index (χ2n) is 5.24. The van der Waals surface area contributed by atoms with Crippen molar-refractivity contribution >= 4 is 0 Å². The molecule has 0 aromatic carbocycles. The molecule has 0 amide bonds. The van der Waals surface area contributed by atoms with E-state index in [1.807, 2.05) is 0 Å². The van der Waals surface area contributed by atoms with E-state index in [2.05, 4.69) is 24.1 Å². The van der Waals surface area contributed by atoms with E-state index >= 15 is 0 Å². The van der Waals surface area contributed by atoms with Crippen molar-refractivity contribution < 1.29 is 9.13 Å². The van der Waals surface area contributed by atoms with Crippen LogP contribution in [0.25, 0.3) is 0 Å². The Labute approximate surface area is 97.3 Å². The first-order chi connectivity index (χ1) is 7.66. The van der Waals surface area contributed by atoms with Gasteiger partial charge in [0.2, 0.25) is 0 Å². The molecule has 2 aliphatic heterocycles. The molecule has 2 aliphatic rings. The van der Waals surface area contributed by atoms with Crippen LogP contribution in [0.4, 0.5) is 4.39 Å². The van der Waals surface area contributed by atoms with Crippen LogP contribution in [0.15, 0.2) is 0 Å². The van der Waals surface area contributed by atoms with E-state index in [1.54, 1.807) is 0 Å². The zero-order valence-corrected chi connectivity index (χ0v) is 10.3. The monoisotopic (exact) mass is 230 g/mol. The normalized spacial score (nSPS) is 37.1. The van der Waals surface area contributed by atoms with E-state index in [-0.39, 0.29) is 6.04 Å². The summed E-state index contributed by atoms with van der Waals surface area (Å²) in [6, 6.07) is 0.862. The van der Waals surface area contributed by atoms with Gasteiger partial charge in [0.1, 0.15) is 6.17 Å². The molecule has 0 spiro atoms. The van der Waals surface area contributed by atoms with Gasteiger partial charge in [0.15, 0.2) is 0 Å². The molecule has 0 saturated carbocycles. The number of rotatable bonds is 3. The first-order valence-corrected chi connectivity index (χ1v) is 6.38. The quantitative estimate of drug-likeness (QED) is 0.788. The highest BCUT2D eigenvalue weighted by atomic mass is 19.1. The Balaban J connectivity index is 1.81. The van der Waals surface area contributed by atoms with Crippen LogP contribution in [0, 0.1) is 0 Å². The highest BCUT2D eigenvalue weighted by Crippen LogP contribution is 2.20. The van der Waals surface area contributed by atoms with Crippen molar-refractivity contribution in [2.24, 2.45) is 0 Å². The summed E-state index contributed by atoms with van der Waals surface area (Å²) in [5.74, 6) is 0. The second-order valence-corrected chi connectivity index (χ2v) is 5.24. The van der Waals surface area contributed by atoms with Gasteiger partial charge in [-0.3, -0.25) is 4.90 Å². The summed E-state index contributed by atoms with van der Waals surface area (Å²) >= 11 is 0. The number of hydrogen-bond acceptors (Lipinski definition) is 3. The predicted octanol–water partition coefficient (Wildman–Crippen LogP) is 1.19. The van der Waals surface area contributed by atoms with Crippen LogP contribution in [-0.2, 0) is 4.74 Å². The molecular formula is C12H23FN2O. The fourth-order valence-electron chi connectivity index (χ4n) is 2.69. The molecule has 0 radical (unpaired) electrons. The summed E-state index contributed by atoms with van der Waals surface area (Å²) in [7, 11) is 0. The largest absolute Gasteiger partial charge is 0.380 e. The number of alkyl halides is 1. The molecule has 3 atom stereocenters. The highest BCUT2D eigenvalue weighted by Gasteiger charge is 2.33. The predicted molar refractivity (Wildman–Crippen MR) is 62.4 cm³/mol. The van der Waals surface area contributed by atoms with Crippen LogP contribution >= 0.6 is 0 Å². The van der Waals surface area contributed by atoms with Crippen molar-refractivity contribution in [3.8, 4) is 0 Å². The SMILES string of the molecule is CC(C)NC1CCN(C2CCOC2)CC1F. The Morgan fingerprint density at radius 3 is 2.75 bits per heavy atom. The van der Waals surface area contributed by atoms with Gasteiger partial charge in [-0.25, -0.2) is 4.39 Å². The minimum absolute atomic E-state index is 0.0403. The molecule has 4 heteroatoms. The maximum Gasteiger partial charge on any atom is 0.128 e. The van der Waals surface area contributed by atoms with Crippen LogP contribution < -0.4 is 5.32 Å². The first-order valence-electron chi connectivity index (χ1n) is 6.38. The van der Waals surface area contributed by atoms with E-state index < -0.39 is 6.17 Å². The molecule has 3 unspecified atom stereocenters. The van der Waals surface area contributed by atoms with Gasteiger partial charge in [-0.1, -0.05) is 13.8 Å². The maximum absolute atomic E-state index is 14.0. The third-order valence-corrected chi connectivity index (χ3v) is 3.54. The Morgan fingerprint density at radius 2 is 2.19 bits per heavy atom. The average molecular weight is 230 g/mol. The molecule has 2 heterocycles. The van der Waals surface area contributed by atoms with Crippen LogP contribution in [0.3, 0.4) is 0 Å². The number of piperidine rings is 1. The number of hydrogen-bond donors (Lipinski definition) is 1. The number of likely N-dealkylation sites (tertiary alicyclic amines) is 1. The van der Waals surface area contributed by atoms with E-state index in [0.717, 1.165) is 32.6 Å². The van der Waals surface area contributed by atoms with E-state index in [1.165, 1.54) is 0 Å². The zero-order chi connectivity index (χ0) is 11.5. The van der Waals surface area contributed by atoms with Gasteiger partial charge in [0.05, 0.1) is 6.61 Å². The van der Waals surface area contributed by atoms with E-state index in [0.29, 0.717) is 18.6 Å². The number of nitrogens with zero attached hydrogens (tertiary/aromatic N) is 1. The van der Waals surface area contributed by atoms with Crippen LogP contribution in [0.5, 0.6) is 0 Å². The lowest BCUT2D eigenvalue weighted by Crippen LogP contribution is -2.54. The van der Waals surface area contributed by atoms with Crippen molar-refractivity contribution in [1.82, 2.24) is 10.2 Å². The molecular weight excluding hydrogens is 207 g/mol. The Morgan fingerprint density at radius 1 is 1.38 bits per heavy atom. The average Bonchev–Trinajstić information content (AvgIpc) is 2.73. The molecule has 0 aromatic rings. The number of halogens is 1. The van der Waals surface area contributed by atoms with Gasteiger partial charge < -0.3 is 10.1 Å². The molecule has 94 valence electrons. The van der Waals surface area contributed by atoms with Crippen molar-refractivity contribution in [3.05, 3.63) is 0 Å². The summed E-state index contributed by atoms with van der Waals surface area (Å²) in [6.45, 7) is 7.34. The molecule has 0 aliphatic carbocycles. The third kappa shape index (κ3) is 2.93. The Bertz CT molecular complexity index is 219. The fraction of sp³-hybridized carbons (Fsp3) is 1.00. The lowest BCUT2D eigenvalue weighted by atomic mass is 10.00. The molecule has 3 nitrogen and oxygen atoms in total. The molecule has 0 bridgehead atoms. The van der Waals surface area contributed by atoms with Gasteiger partial charge in [-0.05, 0) is 12.8 Å². The molecule has 16 heavy (non-hydrogen) atoms. The lowest BCUT2D eigenvalue weighted by molar-refractivity contribution is 0.0621. The molecule has 1 N–H and O–H groups in total. The van der Waals surface area contributed by atoms with Gasteiger partial charge in [0.25, 0.3) is 0 Å². The second kappa shape index (κ2) is 5.43. The van der Waals surface area contributed by atoms with Crippen molar-refractivity contribution in [1.29, 1.82) is 0 Å². The van der Waals surface area contributed by atoms with Crippen LogP contribution in [-0.4, -0.2) is 55.5 Å². The maximum atomic E-state index is 14.0. The van der Waals surface area contributed by atoms with Crippen molar-refractivity contribution in [3.63, 3.8) is 0 Å². The minimum Gasteiger partial charge on any atom is -0.380 e. The van der Waals surface area contributed by atoms with E-state index in [4.69, 9.17) is 4.74 Å². The van der Waals surface area contributed by atoms with Crippen LogP contribution in [0.2, 0.25) is 0 Å². The van der Waals surface area contributed by atoms with Gasteiger partial charge in [-0.2, -0.15) is 0 Å². The van der Waals surface area contributed by atoms with Gasteiger partial charge in [-0.15, -0.1) is 0 Å². The zero-order valence-electron chi connectivity index (χ0n) is 10.3. The lowest BCUT2D eigenvalue weighted by Gasteiger charge is -2.38. The Hall–Kier alpha value is -0.190. The van der Waals surface area contributed by atoms with Gasteiger partial charge >= 0.3 is 0 Å². The Kier molecular flexibility index (Phi) is 4.16. The first kappa shape index (κ1) is 12.3. The summed E-state index contributed by atoms with van der Waals surface area (Å²) in [6.07, 6.45) is 1.24. The van der Waals surface area contributed by atoms with E-state index in [9.17, 15) is 4.39 Å². The third-order valence-electron chi connectivity index (χ3n) is 3.54. The highest BCUT2D eigenvalue weighted by molar-refractivity contribution is 4.89. The molecule has 2 fully saturated rings. The smallest absolute Gasteiger partial charge is 0.128 e. The standard InChI is InChI=1S/C12H23FN2O/c1-9(2)14-12-3-5-15(7-11(12)13)10-4-6-16-8-10/h9-12,14H,3-8H2,1-2H3. The number of nitrogens with one attached hydrogen (secondary N) is 1. The molecule has 2 saturated heterocycles. The fourth-order valence-corrected chi connectivity index (χ4v) is 2.69. The summed E-state index contributed by atoms with van der Waals surface area (Å²) in [4.78, 5) is 2.26. The number of ether oxygens (including phenoxy) is 1. The molecule has 0 aromatic heterocycles. The summed E-state index contributed by atoms with van der Waals surface area (Å²) < 4.78 is 19.3. The summed E-state index contributed by atoms with van der Waals surface area (Å²) in [5.41, 5.74) is 0. The van der Waals surface area contributed by atoms with Crippen molar-refractivity contribution in [2.45, 2.75) is 51.0 Å². The topological polar surface area (TPSA) is 24.5 Å². The minimum atomic E-state index is -0.739. The van der Waals surface area contributed by atoms with Crippen LogP contribution in [0.1, 0.15) is 26.7 Å². The van der Waals surface area contributed by atoms with Gasteiger partial charge in [0, 0.05) is 37.8 Å².